The van der Waals surface area contributed by atoms with Crippen LogP contribution in [0, 0.1) is 0 Å². The lowest BCUT2D eigenvalue weighted by molar-refractivity contribution is -0.143. The lowest BCUT2D eigenvalue weighted by Crippen LogP contribution is -2.44. The number of imidazole rings is 1. The van der Waals surface area contributed by atoms with Crippen LogP contribution >= 0.6 is 34.5 Å². The maximum atomic E-state index is 14.3. The zero-order valence-electron chi connectivity index (χ0n) is 46.0. The van der Waals surface area contributed by atoms with E-state index >= 15 is 0 Å². The summed E-state index contributed by atoms with van der Waals surface area (Å²) in [6.45, 7) is 1.05. The smallest absolute Gasteiger partial charge is 0.416 e. The highest BCUT2D eigenvalue weighted by molar-refractivity contribution is 7.10. The largest absolute Gasteiger partial charge is 0.497 e. The van der Waals surface area contributed by atoms with E-state index in [0.717, 1.165) is 5.56 Å². The second-order valence-electron chi connectivity index (χ2n) is 19.3. The van der Waals surface area contributed by atoms with Crippen molar-refractivity contribution in [2.45, 2.75) is 44.5 Å². The van der Waals surface area contributed by atoms with Crippen molar-refractivity contribution in [3.63, 3.8) is 0 Å². The average molecular weight is 1240 g/mol. The van der Waals surface area contributed by atoms with Crippen LogP contribution in [0.2, 0.25) is 5.02 Å². The van der Waals surface area contributed by atoms with Crippen molar-refractivity contribution in [2.75, 3.05) is 51.3 Å². The van der Waals surface area contributed by atoms with Gasteiger partial charge in [0, 0.05) is 52.5 Å². The number of nitrogens with zero attached hydrogens (tertiary/aromatic N) is 6. The number of hydrogen-bond acceptors (Lipinski definition) is 11. The van der Waals surface area contributed by atoms with E-state index in [2.05, 4.69) is 20.9 Å². The van der Waals surface area contributed by atoms with Gasteiger partial charge in [0.1, 0.15) is 47.3 Å². The Morgan fingerprint density at radius 1 is 0.721 bits per heavy atom. The molecule has 3 amide bonds. The number of ether oxygens (including phenoxy) is 4. The molecule has 0 spiro atoms. The molecule has 15 nitrogen and oxygen atoms in total. The van der Waals surface area contributed by atoms with Gasteiger partial charge in [0.25, 0.3) is 5.91 Å². The molecular formula is C62H54Cl2F6N8O7S. The van der Waals surface area contributed by atoms with E-state index in [1.165, 1.54) is 36.5 Å². The Morgan fingerprint density at radius 3 is 2.01 bits per heavy atom. The van der Waals surface area contributed by atoms with Gasteiger partial charge in [-0.3, -0.25) is 19.3 Å². The second kappa shape index (κ2) is 28.0. The van der Waals surface area contributed by atoms with Gasteiger partial charge in [-0.05, 0) is 126 Å². The van der Waals surface area contributed by atoms with Crippen molar-refractivity contribution < 1.29 is 59.7 Å². The molecule has 3 aromatic heterocycles. The molecular weight excluding hydrogens is 1190 g/mol. The number of nitrogens with one attached hydrogen (secondary N) is 2. The number of carbonyl (C=O) groups excluding carboxylic acids is 3. The third-order valence-corrected chi connectivity index (χ3v) is 15.0. The van der Waals surface area contributed by atoms with Crippen LogP contribution in [-0.4, -0.2) is 88.7 Å². The first-order chi connectivity index (χ1) is 41.4. The van der Waals surface area contributed by atoms with Crippen molar-refractivity contribution in [3.8, 4) is 51.2 Å². The third kappa shape index (κ3) is 15.4. The van der Waals surface area contributed by atoms with Crippen LogP contribution in [-0.2, 0) is 52.8 Å². The summed E-state index contributed by atoms with van der Waals surface area (Å²) in [5, 5.41) is 16.1. The number of halogens is 8. The van der Waals surface area contributed by atoms with Gasteiger partial charge in [-0.1, -0.05) is 65.3 Å². The minimum absolute atomic E-state index is 0.00825. The normalized spacial score (nSPS) is 11.9. The summed E-state index contributed by atoms with van der Waals surface area (Å²) < 4.78 is 111. The first-order valence-corrected chi connectivity index (χ1v) is 28.4. The van der Waals surface area contributed by atoms with Crippen molar-refractivity contribution in [2.24, 2.45) is 0 Å². The van der Waals surface area contributed by atoms with Crippen molar-refractivity contribution in [1.82, 2.24) is 35.2 Å². The Bertz CT molecular complexity index is 3720. The summed E-state index contributed by atoms with van der Waals surface area (Å²) >= 11 is 14.2. The summed E-state index contributed by atoms with van der Waals surface area (Å²) in [6.07, 6.45) is -7.97. The number of alkyl halides is 7. The maximum absolute atomic E-state index is 14.3. The molecule has 446 valence electrons. The fraction of sp³-hybridized carbons (Fsp3) is 0.226. The lowest BCUT2D eigenvalue weighted by atomic mass is 10.0. The van der Waals surface area contributed by atoms with Gasteiger partial charge < -0.3 is 34.1 Å². The fourth-order valence-electron chi connectivity index (χ4n) is 9.26. The zero-order valence-corrected chi connectivity index (χ0v) is 48.3. The van der Waals surface area contributed by atoms with E-state index in [1.54, 1.807) is 113 Å². The zero-order chi connectivity index (χ0) is 61.0. The van der Waals surface area contributed by atoms with Crippen molar-refractivity contribution in [1.29, 1.82) is 0 Å². The van der Waals surface area contributed by atoms with Gasteiger partial charge in [-0.15, -0.1) is 28.0 Å². The summed E-state index contributed by atoms with van der Waals surface area (Å²) in [5.41, 5.74) is 0.955. The Hall–Kier alpha value is -8.70. The Kier molecular flexibility index (Phi) is 20.1. The molecule has 9 rings (SSSR count). The summed E-state index contributed by atoms with van der Waals surface area (Å²) in [7, 11) is 2.96. The molecule has 9 aromatic rings. The van der Waals surface area contributed by atoms with Crippen molar-refractivity contribution >= 4 is 57.9 Å². The molecule has 0 saturated heterocycles. The molecule has 0 bridgehead atoms. The number of amides is 3. The number of aromatic nitrogens is 5. The molecule has 1 unspecified atom stereocenters. The molecule has 0 aliphatic heterocycles. The molecule has 0 radical (unpaired) electrons. The molecule has 0 saturated carbocycles. The molecule has 1 atom stereocenters. The number of hydrogen-bond donors (Lipinski definition) is 2. The topological polar surface area (TPSA) is 164 Å². The highest BCUT2D eigenvalue weighted by Gasteiger charge is 2.38. The second-order valence-corrected chi connectivity index (χ2v) is 20.9. The first kappa shape index (κ1) is 61.8. The van der Waals surface area contributed by atoms with Crippen LogP contribution in [0.5, 0.6) is 17.2 Å². The van der Waals surface area contributed by atoms with Gasteiger partial charge in [0.15, 0.2) is 0 Å². The molecule has 0 fully saturated rings. The van der Waals surface area contributed by atoms with Crippen LogP contribution in [0.3, 0.4) is 0 Å². The summed E-state index contributed by atoms with van der Waals surface area (Å²) in [5.74, 6) is -0.573. The predicted octanol–water partition coefficient (Wildman–Crippen LogP) is 13.0. The minimum Gasteiger partial charge on any atom is -0.497 e. The Balaban J connectivity index is 0.810. The number of carbonyl (C=O) groups is 3. The Morgan fingerprint density at radius 2 is 1.40 bits per heavy atom. The van der Waals surface area contributed by atoms with E-state index in [-0.39, 0.29) is 78.6 Å². The van der Waals surface area contributed by atoms with E-state index in [1.807, 2.05) is 35.7 Å². The van der Waals surface area contributed by atoms with Gasteiger partial charge >= 0.3 is 12.4 Å². The molecule has 0 aliphatic carbocycles. The fourth-order valence-corrected chi connectivity index (χ4v) is 10.4. The molecule has 3 heterocycles. The quantitative estimate of drug-likeness (QED) is 0.0320. The van der Waals surface area contributed by atoms with E-state index < -0.39 is 46.9 Å². The predicted molar refractivity (Wildman–Crippen MR) is 315 cm³/mol. The third-order valence-electron chi connectivity index (χ3n) is 13.5. The van der Waals surface area contributed by atoms with Crippen LogP contribution < -0.4 is 29.7 Å². The number of benzene rings is 6. The lowest BCUT2D eigenvalue weighted by Gasteiger charge is -2.30. The van der Waals surface area contributed by atoms with E-state index in [0.29, 0.717) is 81.8 Å². The highest BCUT2D eigenvalue weighted by Crippen LogP contribution is 2.43. The van der Waals surface area contributed by atoms with Gasteiger partial charge in [0.2, 0.25) is 11.8 Å². The van der Waals surface area contributed by atoms with Crippen LogP contribution in [0.25, 0.3) is 33.9 Å². The van der Waals surface area contributed by atoms with Crippen LogP contribution in [0.1, 0.15) is 49.2 Å². The average Bonchev–Trinajstić information content (AvgIpc) is 1.74. The van der Waals surface area contributed by atoms with Crippen molar-refractivity contribution in [3.05, 3.63) is 207 Å². The molecule has 86 heavy (non-hydrogen) atoms. The van der Waals surface area contributed by atoms with Gasteiger partial charge in [0.05, 0.1) is 67.7 Å². The number of anilines is 1. The molecule has 0 aliphatic rings. The summed E-state index contributed by atoms with van der Waals surface area (Å²) in [4.78, 5) is 47.3. The molecule has 2 N–H and O–H groups in total. The SMILES string of the molecule is COc1ccc(-c2nc(-c3cc(C(F)(F)F)cc(C(F)(F)F)c3)n(Cc3ccc(C(=O)NCCOCCn4cc(COc5ccc(N(C(=O)CCl)C(C(=O)NCCc6ccccc6)c6cccs6)cc5Cl)nn4)cc3)c2-c2ccc(OC)cc2)cc1. The Labute approximate surface area is 504 Å². The van der Waals surface area contributed by atoms with E-state index in [4.69, 9.17) is 47.1 Å². The van der Waals surface area contributed by atoms with Crippen LogP contribution in [0.4, 0.5) is 32.0 Å². The van der Waals surface area contributed by atoms with Gasteiger partial charge in [-0.25, -0.2) is 9.67 Å². The highest BCUT2D eigenvalue weighted by atomic mass is 35.5. The number of methoxy groups -OCH3 is 2. The standard InChI is InChI=1S/C62H54Cl2F6N8O7S/c1-82-49-19-14-41(15-20-49)55-56(42-16-21-50(83-2)22-17-42)77(58(73-55)44-31-45(61(65,66)67)33-46(32-44)62(68,69)70)36-40-10-12-43(13-11-40)59(80)72-26-28-84-29-27-76-37-47(74-75-76)38-85-52-23-18-48(34-51(52)64)78(54(79)35-63)57(53-9-6-30-86-53)60(81)71-25-24-39-7-4-3-5-8-39/h3-23,30-34,37,57H,24-29,35-36,38H2,1-2H3,(H,71,81)(H,72,80). The van der Waals surface area contributed by atoms with Gasteiger partial charge in [-0.2, -0.15) is 26.3 Å². The number of thiophene rings is 1. The summed E-state index contributed by atoms with van der Waals surface area (Å²) in [6, 6.07) is 38.2. The van der Waals surface area contributed by atoms with E-state index in [9.17, 15) is 40.7 Å². The molecule has 6 aromatic carbocycles. The number of rotatable bonds is 25. The monoisotopic (exact) mass is 1240 g/mol. The van der Waals surface area contributed by atoms with Crippen LogP contribution in [0.15, 0.2) is 163 Å². The minimum atomic E-state index is -5.12. The molecule has 24 heteroatoms. The first-order valence-electron chi connectivity index (χ1n) is 26.6. The maximum Gasteiger partial charge on any atom is 0.416 e.